The number of methoxy groups -OCH3 is 1. The molecule has 0 saturated heterocycles. The zero-order valence-corrected chi connectivity index (χ0v) is 11.8. The van der Waals surface area contributed by atoms with Crippen molar-refractivity contribution in [3.05, 3.63) is 36.1 Å². The van der Waals surface area contributed by atoms with E-state index in [4.69, 9.17) is 9.15 Å². The number of hydrogen-bond donors (Lipinski definition) is 1. The van der Waals surface area contributed by atoms with Crippen LogP contribution in [0.5, 0.6) is 5.75 Å². The first-order valence-corrected chi connectivity index (χ1v) is 6.74. The van der Waals surface area contributed by atoms with E-state index in [2.05, 4.69) is 17.2 Å². The fraction of sp³-hybridized carbons (Fsp3) is 0.400. The normalized spacial score (nSPS) is 10.8. The third kappa shape index (κ3) is 3.57. The molecule has 1 heterocycles. The number of benzene rings is 1. The lowest BCUT2D eigenvalue weighted by atomic mass is 10.2. The Morgan fingerprint density at radius 3 is 3.00 bits per heavy atom. The fourth-order valence-corrected chi connectivity index (χ4v) is 1.91. The molecule has 0 aliphatic rings. The Labute approximate surface area is 118 Å². The van der Waals surface area contributed by atoms with Gasteiger partial charge >= 0.3 is 0 Å². The van der Waals surface area contributed by atoms with E-state index in [1.807, 2.05) is 0 Å². The Kier molecular flexibility index (Phi) is 5.12. The van der Waals surface area contributed by atoms with Crippen LogP contribution in [0.25, 0.3) is 11.3 Å². The molecule has 0 spiro atoms. The molecule has 0 fully saturated rings. The smallest absolute Gasteiger partial charge is 0.194 e. The van der Waals surface area contributed by atoms with Crippen molar-refractivity contribution in [2.24, 2.45) is 0 Å². The van der Waals surface area contributed by atoms with Gasteiger partial charge in [0.05, 0.1) is 13.3 Å². The van der Waals surface area contributed by atoms with Gasteiger partial charge in [0.25, 0.3) is 0 Å². The fourth-order valence-electron chi connectivity index (χ4n) is 1.91. The number of nitrogens with zero attached hydrogens (tertiary/aromatic N) is 1. The Hall–Kier alpha value is -1.88. The van der Waals surface area contributed by atoms with E-state index in [9.17, 15) is 4.39 Å². The van der Waals surface area contributed by atoms with Crippen LogP contribution in [0.1, 0.15) is 19.2 Å². The summed E-state index contributed by atoms with van der Waals surface area (Å²) in [6.07, 6.45) is 3.42. The minimum Gasteiger partial charge on any atom is -0.494 e. The van der Waals surface area contributed by atoms with Crippen LogP contribution in [0.15, 0.2) is 28.8 Å². The van der Waals surface area contributed by atoms with Crippen LogP contribution in [0, 0.1) is 5.82 Å². The zero-order chi connectivity index (χ0) is 14.4. The summed E-state index contributed by atoms with van der Waals surface area (Å²) in [4.78, 5) is 4.24. The lowest BCUT2D eigenvalue weighted by Gasteiger charge is -2.03. The highest BCUT2D eigenvalue weighted by atomic mass is 19.1. The van der Waals surface area contributed by atoms with Crippen molar-refractivity contribution in [2.75, 3.05) is 20.2 Å². The summed E-state index contributed by atoms with van der Waals surface area (Å²) < 4.78 is 24.0. The highest BCUT2D eigenvalue weighted by Crippen LogP contribution is 2.27. The molecular weight excluding hydrogens is 259 g/mol. The largest absolute Gasteiger partial charge is 0.494 e. The first kappa shape index (κ1) is 14.5. The van der Waals surface area contributed by atoms with Crippen molar-refractivity contribution < 1.29 is 13.5 Å². The molecule has 4 nitrogen and oxygen atoms in total. The third-order valence-electron chi connectivity index (χ3n) is 2.98. The molecule has 0 amide bonds. The molecule has 0 unspecified atom stereocenters. The Morgan fingerprint density at radius 1 is 1.40 bits per heavy atom. The minimum atomic E-state index is -0.387. The van der Waals surface area contributed by atoms with Crippen molar-refractivity contribution in [3.8, 4) is 17.1 Å². The second-order valence-electron chi connectivity index (χ2n) is 4.42. The van der Waals surface area contributed by atoms with Gasteiger partial charge in [-0.1, -0.05) is 6.92 Å². The molecule has 108 valence electrons. The van der Waals surface area contributed by atoms with E-state index in [1.165, 1.54) is 13.2 Å². The summed E-state index contributed by atoms with van der Waals surface area (Å²) in [6, 6.07) is 4.63. The van der Waals surface area contributed by atoms with E-state index >= 15 is 0 Å². The van der Waals surface area contributed by atoms with Crippen molar-refractivity contribution in [3.63, 3.8) is 0 Å². The molecule has 20 heavy (non-hydrogen) atoms. The number of nitrogens with one attached hydrogen (secondary N) is 1. The topological polar surface area (TPSA) is 47.3 Å². The van der Waals surface area contributed by atoms with E-state index in [1.54, 1.807) is 18.3 Å². The number of rotatable bonds is 7. The number of ether oxygens (including phenoxy) is 1. The van der Waals surface area contributed by atoms with Crippen molar-refractivity contribution in [1.82, 2.24) is 10.3 Å². The van der Waals surface area contributed by atoms with Gasteiger partial charge in [-0.25, -0.2) is 9.37 Å². The number of oxazole rings is 1. The molecule has 0 atom stereocenters. The van der Waals surface area contributed by atoms with Gasteiger partial charge in [-0.3, -0.25) is 0 Å². The van der Waals surface area contributed by atoms with Gasteiger partial charge in [-0.15, -0.1) is 0 Å². The summed E-state index contributed by atoms with van der Waals surface area (Å²) in [6.45, 7) is 3.98. The zero-order valence-electron chi connectivity index (χ0n) is 11.8. The van der Waals surface area contributed by atoms with Crippen LogP contribution in [0.2, 0.25) is 0 Å². The highest BCUT2D eigenvalue weighted by molar-refractivity contribution is 5.59. The Morgan fingerprint density at radius 2 is 2.25 bits per heavy atom. The molecule has 2 rings (SSSR count). The SMILES string of the molecule is CCNCCCc1ncc(-c2ccc(F)c(OC)c2)o1. The predicted molar refractivity (Wildman–Crippen MR) is 75.3 cm³/mol. The molecule has 1 N–H and O–H groups in total. The summed E-state index contributed by atoms with van der Waals surface area (Å²) in [5.74, 6) is 1.14. The molecule has 0 saturated carbocycles. The average molecular weight is 278 g/mol. The van der Waals surface area contributed by atoms with E-state index in [0.29, 0.717) is 11.7 Å². The molecule has 0 aliphatic carbocycles. The molecular formula is C15H19FN2O2. The van der Waals surface area contributed by atoms with Gasteiger partial charge in [0, 0.05) is 12.0 Å². The van der Waals surface area contributed by atoms with Crippen molar-refractivity contribution >= 4 is 0 Å². The van der Waals surface area contributed by atoms with Crippen molar-refractivity contribution in [1.29, 1.82) is 0 Å². The maximum atomic E-state index is 13.4. The lowest BCUT2D eigenvalue weighted by molar-refractivity contribution is 0.386. The predicted octanol–water partition coefficient (Wildman–Crippen LogP) is 3.03. The van der Waals surface area contributed by atoms with Crippen LogP contribution < -0.4 is 10.1 Å². The maximum absolute atomic E-state index is 13.4. The monoisotopic (exact) mass is 278 g/mol. The van der Waals surface area contributed by atoms with Crippen LogP contribution in [-0.2, 0) is 6.42 Å². The third-order valence-corrected chi connectivity index (χ3v) is 2.98. The quantitative estimate of drug-likeness (QED) is 0.791. The number of halogens is 1. The maximum Gasteiger partial charge on any atom is 0.194 e. The second-order valence-corrected chi connectivity index (χ2v) is 4.42. The molecule has 5 heteroatoms. The highest BCUT2D eigenvalue weighted by Gasteiger charge is 2.09. The molecule has 2 aromatic rings. The van der Waals surface area contributed by atoms with Crippen LogP contribution in [0.3, 0.4) is 0 Å². The minimum absolute atomic E-state index is 0.201. The molecule has 0 aliphatic heterocycles. The van der Waals surface area contributed by atoms with E-state index < -0.39 is 0 Å². The summed E-state index contributed by atoms with van der Waals surface area (Å²) >= 11 is 0. The Balaban J connectivity index is 2.04. The van der Waals surface area contributed by atoms with Gasteiger partial charge in [0.2, 0.25) is 0 Å². The van der Waals surface area contributed by atoms with Crippen LogP contribution in [-0.4, -0.2) is 25.2 Å². The molecule has 0 bridgehead atoms. The first-order valence-electron chi connectivity index (χ1n) is 6.74. The van der Waals surface area contributed by atoms with Crippen LogP contribution >= 0.6 is 0 Å². The summed E-state index contributed by atoms with van der Waals surface area (Å²) in [5.41, 5.74) is 0.758. The van der Waals surface area contributed by atoms with Gasteiger partial charge in [-0.05, 0) is 37.7 Å². The van der Waals surface area contributed by atoms with Gasteiger partial charge in [-0.2, -0.15) is 0 Å². The second kappa shape index (κ2) is 7.05. The van der Waals surface area contributed by atoms with E-state index in [0.717, 1.165) is 31.5 Å². The van der Waals surface area contributed by atoms with Gasteiger partial charge < -0.3 is 14.5 Å². The summed E-state index contributed by atoms with van der Waals surface area (Å²) in [5, 5.41) is 3.25. The molecule has 0 radical (unpaired) electrons. The number of aromatic nitrogens is 1. The van der Waals surface area contributed by atoms with Gasteiger partial charge in [0.15, 0.2) is 23.2 Å². The standard InChI is InChI=1S/C15H19FN2O2/c1-3-17-8-4-5-15-18-10-14(20-15)11-6-7-12(16)13(9-11)19-2/h6-7,9-10,17H,3-5,8H2,1-2H3. The lowest BCUT2D eigenvalue weighted by Crippen LogP contribution is -2.14. The summed E-state index contributed by atoms with van der Waals surface area (Å²) in [7, 11) is 1.44. The van der Waals surface area contributed by atoms with Gasteiger partial charge in [0.1, 0.15) is 0 Å². The molecule has 1 aromatic carbocycles. The number of aryl methyl sites for hydroxylation is 1. The van der Waals surface area contributed by atoms with E-state index in [-0.39, 0.29) is 11.6 Å². The average Bonchev–Trinajstić information content (AvgIpc) is 2.93. The van der Waals surface area contributed by atoms with Crippen molar-refractivity contribution in [2.45, 2.75) is 19.8 Å². The molecule has 1 aromatic heterocycles. The first-order chi connectivity index (χ1) is 9.74. The van der Waals surface area contributed by atoms with Crippen LogP contribution in [0.4, 0.5) is 4.39 Å². The number of hydrogen-bond acceptors (Lipinski definition) is 4. The Bertz CT molecular complexity index is 555.